The van der Waals surface area contributed by atoms with Crippen LogP contribution in [0.1, 0.15) is 6.42 Å². The number of hydrogen-bond donors (Lipinski definition) is 2. The zero-order valence-electron chi connectivity index (χ0n) is 13.3. The number of hydrogen-bond acceptors (Lipinski definition) is 6. The lowest BCUT2D eigenvalue weighted by Gasteiger charge is -2.34. The Labute approximate surface area is 135 Å². The van der Waals surface area contributed by atoms with Crippen molar-refractivity contribution in [3.8, 4) is 0 Å². The van der Waals surface area contributed by atoms with Crippen molar-refractivity contribution in [2.24, 2.45) is 5.73 Å². The van der Waals surface area contributed by atoms with Gasteiger partial charge >= 0.3 is 0 Å². The van der Waals surface area contributed by atoms with E-state index < -0.39 is 12.1 Å². The lowest BCUT2D eigenvalue weighted by Crippen LogP contribution is -2.55. The SMILES string of the molecule is COC[C@@H](C(=O)N1CCOCC1)N1CC[C@H](NC(=O)CN)C1=O. The minimum absolute atomic E-state index is 0.124. The first-order chi connectivity index (χ1) is 11.1. The third-order valence-electron chi connectivity index (χ3n) is 4.07. The van der Waals surface area contributed by atoms with Crippen LogP contribution in [0, 0.1) is 0 Å². The Balaban J connectivity index is 2.04. The standard InChI is InChI=1S/C14H24N4O5/c1-22-9-11(14(21)17-4-6-23-7-5-17)18-3-2-10(13(18)20)16-12(19)8-15/h10-11H,2-9,15H2,1H3,(H,16,19)/t10-,11-/m0/s1. The van der Waals surface area contributed by atoms with Gasteiger partial charge in [-0.25, -0.2) is 0 Å². The van der Waals surface area contributed by atoms with E-state index in [0.29, 0.717) is 39.3 Å². The van der Waals surface area contributed by atoms with Gasteiger partial charge in [0.25, 0.3) is 0 Å². The number of likely N-dealkylation sites (tertiary alicyclic amines) is 1. The topological polar surface area (TPSA) is 114 Å². The Bertz CT molecular complexity index is 452. The summed E-state index contributed by atoms with van der Waals surface area (Å²) in [5.74, 6) is -0.794. The minimum Gasteiger partial charge on any atom is -0.382 e. The van der Waals surface area contributed by atoms with Crippen LogP contribution in [0.2, 0.25) is 0 Å². The molecule has 2 fully saturated rings. The van der Waals surface area contributed by atoms with E-state index in [1.807, 2.05) is 0 Å². The molecule has 0 aromatic rings. The van der Waals surface area contributed by atoms with Gasteiger partial charge in [0.15, 0.2) is 0 Å². The highest BCUT2D eigenvalue weighted by Gasteiger charge is 2.41. The van der Waals surface area contributed by atoms with E-state index in [1.165, 1.54) is 12.0 Å². The average molecular weight is 328 g/mol. The molecule has 2 rings (SSSR count). The van der Waals surface area contributed by atoms with Gasteiger partial charge in [0.05, 0.1) is 26.4 Å². The lowest BCUT2D eigenvalue weighted by atomic mass is 10.2. The number of methoxy groups -OCH3 is 1. The van der Waals surface area contributed by atoms with Crippen LogP contribution in [-0.2, 0) is 23.9 Å². The van der Waals surface area contributed by atoms with Crippen LogP contribution < -0.4 is 11.1 Å². The largest absolute Gasteiger partial charge is 0.382 e. The van der Waals surface area contributed by atoms with Crippen molar-refractivity contribution in [1.82, 2.24) is 15.1 Å². The molecule has 3 amide bonds. The fourth-order valence-corrected chi connectivity index (χ4v) is 2.85. The molecule has 3 N–H and O–H groups in total. The third-order valence-corrected chi connectivity index (χ3v) is 4.07. The van der Waals surface area contributed by atoms with Crippen LogP contribution in [-0.4, -0.2) is 92.7 Å². The van der Waals surface area contributed by atoms with Crippen molar-refractivity contribution in [3.63, 3.8) is 0 Å². The first kappa shape index (κ1) is 17.6. The molecule has 2 aliphatic rings. The van der Waals surface area contributed by atoms with E-state index in [2.05, 4.69) is 5.32 Å². The molecule has 2 atom stereocenters. The molecular weight excluding hydrogens is 304 g/mol. The summed E-state index contributed by atoms with van der Waals surface area (Å²) in [7, 11) is 1.49. The van der Waals surface area contributed by atoms with Gasteiger partial charge in [0.1, 0.15) is 12.1 Å². The van der Waals surface area contributed by atoms with Crippen molar-refractivity contribution in [1.29, 1.82) is 0 Å². The molecule has 9 heteroatoms. The van der Waals surface area contributed by atoms with Crippen molar-refractivity contribution in [2.75, 3.05) is 53.1 Å². The maximum absolute atomic E-state index is 12.7. The molecule has 0 saturated carbocycles. The summed E-state index contributed by atoms with van der Waals surface area (Å²) >= 11 is 0. The third kappa shape index (κ3) is 4.18. The molecule has 0 radical (unpaired) electrons. The van der Waals surface area contributed by atoms with Gasteiger partial charge in [-0.15, -0.1) is 0 Å². The van der Waals surface area contributed by atoms with Crippen molar-refractivity contribution in [2.45, 2.75) is 18.5 Å². The number of amides is 3. The molecule has 9 nitrogen and oxygen atoms in total. The Morgan fingerprint density at radius 1 is 1.39 bits per heavy atom. The quantitative estimate of drug-likeness (QED) is 0.559. The van der Waals surface area contributed by atoms with E-state index >= 15 is 0 Å². The monoisotopic (exact) mass is 328 g/mol. The molecule has 0 spiro atoms. The molecule has 0 bridgehead atoms. The summed E-state index contributed by atoms with van der Waals surface area (Å²) in [5.41, 5.74) is 5.25. The number of nitrogens with one attached hydrogen (secondary N) is 1. The Hall–Kier alpha value is -1.71. The van der Waals surface area contributed by atoms with Crippen LogP contribution in [0.15, 0.2) is 0 Å². The van der Waals surface area contributed by atoms with E-state index in [4.69, 9.17) is 15.2 Å². The molecule has 0 aromatic carbocycles. The second kappa shape index (κ2) is 8.23. The Morgan fingerprint density at radius 3 is 2.70 bits per heavy atom. The number of rotatable bonds is 6. The van der Waals surface area contributed by atoms with Crippen LogP contribution in [0.25, 0.3) is 0 Å². The fraction of sp³-hybridized carbons (Fsp3) is 0.786. The highest BCUT2D eigenvalue weighted by Crippen LogP contribution is 2.17. The van der Waals surface area contributed by atoms with E-state index in [9.17, 15) is 14.4 Å². The molecule has 2 saturated heterocycles. The predicted molar refractivity (Wildman–Crippen MR) is 80.4 cm³/mol. The molecule has 2 aliphatic heterocycles. The van der Waals surface area contributed by atoms with Crippen LogP contribution >= 0.6 is 0 Å². The summed E-state index contributed by atoms with van der Waals surface area (Å²) in [6.07, 6.45) is 0.460. The number of carbonyl (C=O) groups is 3. The second-order valence-electron chi connectivity index (χ2n) is 5.55. The molecule has 23 heavy (non-hydrogen) atoms. The maximum Gasteiger partial charge on any atom is 0.247 e. The first-order valence-corrected chi connectivity index (χ1v) is 7.74. The van der Waals surface area contributed by atoms with Crippen LogP contribution in [0.5, 0.6) is 0 Å². The summed E-state index contributed by atoms with van der Waals surface area (Å²) in [6, 6.07) is -1.30. The van der Waals surface area contributed by atoms with Crippen molar-refractivity contribution >= 4 is 17.7 Å². The summed E-state index contributed by atoms with van der Waals surface area (Å²) in [4.78, 5) is 39.7. The highest BCUT2D eigenvalue weighted by atomic mass is 16.5. The zero-order valence-corrected chi connectivity index (χ0v) is 13.3. The highest BCUT2D eigenvalue weighted by molar-refractivity contribution is 5.93. The number of morpholine rings is 1. The Morgan fingerprint density at radius 2 is 2.09 bits per heavy atom. The van der Waals surface area contributed by atoms with Crippen molar-refractivity contribution in [3.05, 3.63) is 0 Å². The van der Waals surface area contributed by atoms with E-state index in [-0.39, 0.29) is 30.9 Å². The van der Waals surface area contributed by atoms with Gasteiger partial charge < -0.3 is 30.3 Å². The summed E-state index contributed by atoms with van der Waals surface area (Å²) in [5, 5.41) is 2.58. The van der Waals surface area contributed by atoms with E-state index in [1.54, 1.807) is 4.90 Å². The normalized spacial score (nSPS) is 23.0. The van der Waals surface area contributed by atoms with Gasteiger partial charge in [-0.05, 0) is 6.42 Å². The maximum atomic E-state index is 12.7. The molecular formula is C14H24N4O5. The minimum atomic E-state index is -0.676. The second-order valence-corrected chi connectivity index (χ2v) is 5.55. The first-order valence-electron chi connectivity index (χ1n) is 7.74. The van der Waals surface area contributed by atoms with Crippen LogP contribution in [0.4, 0.5) is 0 Å². The number of carbonyl (C=O) groups excluding carboxylic acids is 3. The number of nitrogens with zero attached hydrogens (tertiary/aromatic N) is 2. The fourth-order valence-electron chi connectivity index (χ4n) is 2.85. The smallest absolute Gasteiger partial charge is 0.247 e. The Kier molecular flexibility index (Phi) is 6.31. The molecule has 130 valence electrons. The van der Waals surface area contributed by atoms with E-state index in [0.717, 1.165) is 0 Å². The molecule has 0 unspecified atom stereocenters. The summed E-state index contributed by atoms with van der Waals surface area (Å²) in [6.45, 7) is 2.36. The van der Waals surface area contributed by atoms with Crippen molar-refractivity contribution < 1.29 is 23.9 Å². The summed E-state index contributed by atoms with van der Waals surface area (Å²) < 4.78 is 10.4. The molecule has 0 aromatic heterocycles. The molecule has 2 heterocycles. The van der Waals surface area contributed by atoms with Gasteiger partial charge in [0, 0.05) is 26.7 Å². The van der Waals surface area contributed by atoms with Gasteiger partial charge in [0.2, 0.25) is 17.7 Å². The van der Waals surface area contributed by atoms with Crippen LogP contribution in [0.3, 0.4) is 0 Å². The number of nitrogens with two attached hydrogens (primary N) is 1. The average Bonchev–Trinajstić information content (AvgIpc) is 2.93. The number of ether oxygens (including phenoxy) is 2. The lowest BCUT2D eigenvalue weighted by molar-refractivity contribution is -0.149. The van der Waals surface area contributed by atoms with Gasteiger partial charge in [-0.1, -0.05) is 0 Å². The molecule has 0 aliphatic carbocycles. The van der Waals surface area contributed by atoms with Gasteiger partial charge in [-0.2, -0.15) is 0 Å². The predicted octanol–water partition coefficient (Wildman–Crippen LogP) is -2.46. The van der Waals surface area contributed by atoms with Gasteiger partial charge in [-0.3, -0.25) is 14.4 Å². The zero-order chi connectivity index (χ0) is 16.8.